The van der Waals surface area contributed by atoms with E-state index in [1.165, 1.54) is 23.3 Å². The number of carbonyl (C=O) groups is 4. The lowest BCUT2D eigenvalue weighted by atomic mass is 9.86. The van der Waals surface area contributed by atoms with Crippen LogP contribution in [0.15, 0.2) is 97.1 Å². The lowest BCUT2D eigenvalue weighted by Gasteiger charge is -2.42. The summed E-state index contributed by atoms with van der Waals surface area (Å²) in [5, 5.41) is 12.1. The summed E-state index contributed by atoms with van der Waals surface area (Å²) < 4.78 is 5.91. The number of benzene rings is 4. The number of aromatic carboxylic acids is 1. The van der Waals surface area contributed by atoms with Crippen molar-refractivity contribution in [2.45, 2.75) is 76.7 Å². The van der Waals surface area contributed by atoms with Crippen molar-refractivity contribution >= 4 is 23.7 Å². The summed E-state index contributed by atoms with van der Waals surface area (Å²) in [4.78, 5) is 56.4. The quantitative estimate of drug-likeness (QED) is 0.205. The molecule has 0 aromatic heterocycles. The molecule has 0 fully saturated rings. The second-order valence-electron chi connectivity index (χ2n) is 13.1. The van der Waals surface area contributed by atoms with Crippen molar-refractivity contribution in [1.82, 2.24) is 15.1 Å². The van der Waals surface area contributed by atoms with Crippen LogP contribution in [0.25, 0.3) is 0 Å². The molecule has 0 saturated heterocycles. The Bertz CT molecular complexity index is 1860. The first-order valence-electron chi connectivity index (χ1n) is 17.3. The monoisotopic (exact) mass is 673 g/mol. The first-order valence-corrected chi connectivity index (χ1v) is 17.3. The average molecular weight is 674 g/mol. The molecule has 0 bridgehead atoms. The van der Waals surface area contributed by atoms with E-state index in [0.717, 1.165) is 41.5 Å². The smallest absolute Gasteiger partial charge is 0.335 e. The molecule has 6 rings (SSSR count). The van der Waals surface area contributed by atoms with Crippen LogP contribution in [0, 0.1) is 0 Å². The Balaban J connectivity index is 1.21. The highest BCUT2D eigenvalue weighted by Crippen LogP contribution is 2.35. The number of hydrogen-bond acceptors (Lipinski definition) is 5. The molecule has 9 heteroatoms. The molecule has 1 aliphatic carbocycles. The van der Waals surface area contributed by atoms with E-state index in [4.69, 9.17) is 9.84 Å². The fourth-order valence-electron chi connectivity index (χ4n) is 7.06. The van der Waals surface area contributed by atoms with Gasteiger partial charge in [-0.05, 0) is 76.9 Å². The predicted octanol–water partition coefficient (Wildman–Crippen LogP) is 5.89. The lowest BCUT2D eigenvalue weighted by Crippen LogP contribution is -2.58. The van der Waals surface area contributed by atoms with Crippen molar-refractivity contribution in [3.05, 3.63) is 136 Å². The Kier molecular flexibility index (Phi) is 10.6. The number of ether oxygens (including phenoxy) is 1. The molecular formula is C41H43N3O6. The van der Waals surface area contributed by atoms with Crippen molar-refractivity contribution in [2.24, 2.45) is 0 Å². The summed E-state index contributed by atoms with van der Waals surface area (Å²) in [6.07, 6.45) is 3.71. The largest absolute Gasteiger partial charge is 0.489 e. The van der Waals surface area contributed by atoms with Crippen LogP contribution in [0.2, 0.25) is 0 Å². The Morgan fingerprint density at radius 2 is 1.54 bits per heavy atom. The highest BCUT2D eigenvalue weighted by molar-refractivity contribution is 5.93. The lowest BCUT2D eigenvalue weighted by molar-refractivity contribution is -0.149. The van der Waals surface area contributed by atoms with Crippen LogP contribution in [0.3, 0.4) is 0 Å². The summed E-state index contributed by atoms with van der Waals surface area (Å²) in [6, 6.07) is 28.4. The van der Waals surface area contributed by atoms with Crippen LogP contribution in [0.1, 0.15) is 76.0 Å². The van der Waals surface area contributed by atoms with E-state index in [1.807, 2.05) is 72.6 Å². The van der Waals surface area contributed by atoms with Gasteiger partial charge in [-0.3, -0.25) is 14.4 Å². The maximum absolute atomic E-state index is 14.5. The van der Waals surface area contributed by atoms with E-state index in [0.29, 0.717) is 12.2 Å². The first kappa shape index (κ1) is 34.4. The third-order valence-corrected chi connectivity index (χ3v) is 9.89. The van der Waals surface area contributed by atoms with Crippen LogP contribution in [0.5, 0.6) is 5.75 Å². The number of carbonyl (C=O) groups excluding carboxylic acids is 3. The number of likely N-dealkylation sites (N-methyl/N-ethyl adjacent to an activating group) is 1. The van der Waals surface area contributed by atoms with Crippen molar-refractivity contribution in [1.29, 1.82) is 0 Å². The fraction of sp³-hybridized carbons (Fsp3) is 0.317. The molecule has 9 nitrogen and oxygen atoms in total. The minimum Gasteiger partial charge on any atom is -0.489 e. The molecule has 2 aliphatic rings. The van der Waals surface area contributed by atoms with Gasteiger partial charge < -0.3 is 25.0 Å². The van der Waals surface area contributed by atoms with Crippen LogP contribution in [-0.2, 0) is 46.8 Å². The first-order chi connectivity index (χ1) is 24.2. The zero-order valence-corrected chi connectivity index (χ0v) is 28.5. The van der Waals surface area contributed by atoms with Gasteiger partial charge in [-0.2, -0.15) is 0 Å². The predicted molar refractivity (Wildman–Crippen MR) is 189 cm³/mol. The minimum atomic E-state index is -0.981. The maximum atomic E-state index is 14.5. The van der Waals surface area contributed by atoms with Gasteiger partial charge in [0.2, 0.25) is 17.7 Å². The maximum Gasteiger partial charge on any atom is 0.335 e. The van der Waals surface area contributed by atoms with E-state index in [-0.39, 0.29) is 55.3 Å². The molecule has 3 amide bonds. The molecule has 3 unspecified atom stereocenters. The van der Waals surface area contributed by atoms with E-state index in [9.17, 15) is 19.2 Å². The standard InChI is InChI=1S/C41H43N3O6/c1-3-38(45)42-35(23-27-17-21-33(22-18-27)50-26-28-15-19-30(20-16-28)41(48)49)39(46)44-25-32-11-5-4-10-31(32)24-37(44)40(47)43(2)36-14-8-12-29-9-6-7-13-34(29)36/h4-7,9-11,13,15-22,35-37H,3,8,12,14,23-26H2,1-2H3,(H,42,45)(H,48,49). The van der Waals surface area contributed by atoms with E-state index < -0.39 is 18.1 Å². The summed E-state index contributed by atoms with van der Waals surface area (Å²) in [6.45, 7) is 2.29. The van der Waals surface area contributed by atoms with Crippen molar-refractivity contribution in [3.8, 4) is 5.75 Å². The second-order valence-corrected chi connectivity index (χ2v) is 13.1. The molecule has 1 heterocycles. The summed E-state index contributed by atoms with van der Waals surface area (Å²) >= 11 is 0. The molecule has 4 aromatic rings. The normalized spacial score (nSPS) is 17.1. The average Bonchev–Trinajstić information content (AvgIpc) is 3.15. The van der Waals surface area contributed by atoms with Crippen molar-refractivity contribution in [3.63, 3.8) is 0 Å². The third kappa shape index (κ3) is 7.72. The van der Waals surface area contributed by atoms with Gasteiger partial charge in [0.1, 0.15) is 24.4 Å². The van der Waals surface area contributed by atoms with Crippen molar-refractivity contribution < 1.29 is 29.0 Å². The molecule has 50 heavy (non-hydrogen) atoms. The Hall–Kier alpha value is -5.44. The topological polar surface area (TPSA) is 116 Å². The molecule has 1 aliphatic heterocycles. The minimum absolute atomic E-state index is 0.0676. The SMILES string of the molecule is CCC(=O)NC(Cc1ccc(OCc2ccc(C(=O)O)cc2)cc1)C(=O)N1Cc2ccccc2CC1C(=O)N(C)C1CCCc2ccccc21. The highest BCUT2D eigenvalue weighted by Gasteiger charge is 2.40. The van der Waals surface area contributed by atoms with Gasteiger partial charge in [0, 0.05) is 32.9 Å². The molecule has 258 valence electrons. The number of aryl methyl sites for hydroxylation is 1. The highest BCUT2D eigenvalue weighted by atomic mass is 16.5. The Labute approximate surface area is 292 Å². The molecular weight excluding hydrogens is 630 g/mol. The molecule has 2 N–H and O–H groups in total. The van der Waals surface area contributed by atoms with Gasteiger partial charge in [-0.15, -0.1) is 0 Å². The number of fused-ring (bicyclic) bond motifs is 2. The summed E-state index contributed by atoms with van der Waals surface area (Å²) in [7, 11) is 1.85. The van der Waals surface area contributed by atoms with Gasteiger partial charge in [-0.1, -0.05) is 79.7 Å². The zero-order chi connectivity index (χ0) is 35.2. The zero-order valence-electron chi connectivity index (χ0n) is 28.5. The van der Waals surface area contributed by atoms with Gasteiger partial charge >= 0.3 is 5.97 Å². The van der Waals surface area contributed by atoms with Crippen LogP contribution >= 0.6 is 0 Å². The summed E-state index contributed by atoms with van der Waals surface area (Å²) in [5.41, 5.74) is 6.35. The molecule has 4 aromatic carbocycles. The van der Waals surface area contributed by atoms with Gasteiger partial charge in [0.25, 0.3) is 0 Å². The molecule has 0 radical (unpaired) electrons. The molecule has 3 atom stereocenters. The van der Waals surface area contributed by atoms with E-state index in [1.54, 1.807) is 24.0 Å². The van der Waals surface area contributed by atoms with Crippen LogP contribution in [0.4, 0.5) is 0 Å². The number of amides is 3. The van der Waals surface area contributed by atoms with E-state index >= 15 is 0 Å². The number of nitrogens with one attached hydrogen (secondary N) is 1. The fourth-order valence-corrected chi connectivity index (χ4v) is 7.06. The number of hydrogen-bond donors (Lipinski definition) is 2. The number of carboxylic acid groups (broad SMARTS) is 1. The second kappa shape index (κ2) is 15.4. The van der Waals surface area contributed by atoms with Gasteiger partial charge in [-0.25, -0.2) is 4.79 Å². The third-order valence-electron chi connectivity index (χ3n) is 9.89. The number of nitrogens with zero attached hydrogens (tertiary/aromatic N) is 2. The van der Waals surface area contributed by atoms with E-state index in [2.05, 4.69) is 17.4 Å². The molecule has 0 saturated carbocycles. The van der Waals surface area contributed by atoms with Crippen LogP contribution < -0.4 is 10.1 Å². The Morgan fingerprint density at radius 3 is 2.24 bits per heavy atom. The Morgan fingerprint density at radius 1 is 0.880 bits per heavy atom. The van der Waals surface area contributed by atoms with Gasteiger partial charge in [0.15, 0.2) is 0 Å². The number of carboxylic acids is 1. The van der Waals surface area contributed by atoms with Gasteiger partial charge in [0.05, 0.1) is 11.6 Å². The van der Waals surface area contributed by atoms with Crippen molar-refractivity contribution in [2.75, 3.05) is 7.05 Å². The van der Waals surface area contributed by atoms with Crippen LogP contribution in [-0.4, -0.2) is 57.7 Å². The number of rotatable bonds is 11. The molecule has 0 spiro atoms. The summed E-state index contributed by atoms with van der Waals surface area (Å²) in [5.74, 6) is -1.00.